The van der Waals surface area contributed by atoms with Crippen molar-refractivity contribution < 1.29 is 42.1 Å². The Hall–Kier alpha value is -4.89. The molecule has 0 saturated heterocycles. The normalized spacial score (nSPS) is 14.2. The van der Waals surface area contributed by atoms with Crippen LogP contribution in [0.15, 0.2) is 182 Å². The average Bonchev–Trinajstić information content (AvgIpc) is 3.58. The van der Waals surface area contributed by atoms with Crippen molar-refractivity contribution in [3.63, 3.8) is 0 Å². The molecular weight excluding hydrogens is 1130 g/mol. The number of unbranched alkanes of at least 4 members (excludes halogenated alkanes) is 19. The Kier molecular flexibility index (Phi) is 64.8. The van der Waals surface area contributed by atoms with Crippen LogP contribution in [0.25, 0.3) is 0 Å². The molecule has 0 bridgehead atoms. The molecule has 508 valence electrons. The molecule has 1 N–H and O–H groups in total. The Balaban J connectivity index is 4.22. The maximum Gasteiger partial charge on any atom is 0.472 e. The average molecular weight is 1270 g/mol. The zero-order valence-corrected chi connectivity index (χ0v) is 58.7. The Morgan fingerprint density at radius 1 is 0.356 bits per heavy atom. The molecule has 0 fully saturated rings. The molecule has 0 aliphatic carbocycles. The largest absolute Gasteiger partial charge is 0.472 e. The molecule has 2 atom stereocenters. The zero-order valence-electron chi connectivity index (χ0n) is 57.8. The molecule has 0 amide bonds. The second kappa shape index (κ2) is 68.5. The number of hydrogen-bond donors (Lipinski definition) is 1. The number of phosphoric acid groups is 1. The van der Waals surface area contributed by atoms with Gasteiger partial charge in [0.1, 0.15) is 19.8 Å². The molecule has 9 nitrogen and oxygen atoms in total. The summed E-state index contributed by atoms with van der Waals surface area (Å²) in [5, 5.41) is 0. The summed E-state index contributed by atoms with van der Waals surface area (Å²) >= 11 is 0. The molecule has 0 aromatic heterocycles. The number of ether oxygens (including phenoxy) is 2. The molecule has 90 heavy (non-hydrogen) atoms. The van der Waals surface area contributed by atoms with Gasteiger partial charge in [0.2, 0.25) is 0 Å². The fourth-order valence-electron chi connectivity index (χ4n) is 9.00. The summed E-state index contributed by atoms with van der Waals surface area (Å²) in [6.07, 6.45) is 106. The molecule has 0 aromatic rings. The molecule has 0 rings (SSSR count). The van der Waals surface area contributed by atoms with Crippen LogP contribution in [0.3, 0.4) is 0 Å². The highest BCUT2D eigenvalue weighted by molar-refractivity contribution is 7.47. The van der Waals surface area contributed by atoms with Gasteiger partial charge in [-0.25, -0.2) is 4.57 Å². The van der Waals surface area contributed by atoms with Crippen LogP contribution in [0.4, 0.5) is 0 Å². The zero-order chi connectivity index (χ0) is 65.5. The van der Waals surface area contributed by atoms with Gasteiger partial charge in [0, 0.05) is 12.8 Å². The highest BCUT2D eigenvalue weighted by Gasteiger charge is 2.27. The van der Waals surface area contributed by atoms with E-state index in [2.05, 4.69) is 196 Å². The Labute approximate surface area is 552 Å². The lowest BCUT2D eigenvalue weighted by Gasteiger charge is -2.24. The van der Waals surface area contributed by atoms with Crippen LogP contribution in [0.5, 0.6) is 0 Å². The van der Waals surface area contributed by atoms with E-state index in [9.17, 15) is 19.0 Å². The topological polar surface area (TPSA) is 108 Å². The first-order valence-electron chi connectivity index (χ1n) is 35.5. The van der Waals surface area contributed by atoms with E-state index >= 15 is 0 Å². The van der Waals surface area contributed by atoms with Gasteiger partial charge in [-0.3, -0.25) is 18.6 Å². The highest BCUT2D eigenvalue weighted by atomic mass is 31.2. The lowest BCUT2D eigenvalue weighted by atomic mass is 10.0. The summed E-state index contributed by atoms with van der Waals surface area (Å²) in [6, 6.07) is 0. The van der Waals surface area contributed by atoms with Crippen LogP contribution in [0.1, 0.15) is 258 Å². The number of quaternary nitrogens is 1. The van der Waals surface area contributed by atoms with Gasteiger partial charge in [0.05, 0.1) is 27.7 Å². The summed E-state index contributed by atoms with van der Waals surface area (Å²) < 4.78 is 34.6. The molecule has 0 heterocycles. The van der Waals surface area contributed by atoms with E-state index in [1.165, 1.54) is 96.3 Å². The van der Waals surface area contributed by atoms with E-state index in [0.717, 1.165) is 128 Å². The molecular formula is C80H131NO8P+. The number of phosphoric ester groups is 1. The first kappa shape index (κ1) is 85.1. The predicted octanol–water partition coefficient (Wildman–Crippen LogP) is 23.5. The van der Waals surface area contributed by atoms with E-state index in [1.807, 2.05) is 21.1 Å². The summed E-state index contributed by atoms with van der Waals surface area (Å²) in [7, 11) is 1.42. The fraction of sp³-hybridized carbons (Fsp3) is 0.600. The Bertz CT molecular complexity index is 2170. The SMILES string of the molecule is CC/C=C\C/C=C\C/C=C\C/C=C\C/C=C\C/C=C\C/C=C\C/C=C\C/C=C\C/C=C\C/C=C\C/C=C\CCCCC(=O)OC(COC(=O)CCCCCCCCCCCCCC/C=C\C/C=C\C/C=C\CCCCCCC)COP(=O)(O)OCC[N+](C)(C)C. The van der Waals surface area contributed by atoms with Crippen LogP contribution in [-0.4, -0.2) is 74.9 Å². The van der Waals surface area contributed by atoms with Crippen molar-refractivity contribution in [1.29, 1.82) is 0 Å². The monoisotopic (exact) mass is 1260 g/mol. The summed E-state index contributed by atoms with van der Waals surface area (Å²) in [5.41, 5.74) is 0. The van der Waals surface area contributed by atoms with Gasteiger partial charge in [-0.15, -0.1) is 0 Å². The lowest BCUT2D eigenvalue weighted by molar-refractivity contribution is -0.870. The molecule has 0 spiro atoms. The van der Waals surface area contributed by atoms with Gasteiger partial charge in [0.15, 0.2) is 6.10 Å². The van der Waals surface area contributed by atoms with E-state index in [-0.39, 0.29) is 32.0 Å². The van der Waals surface area contributed by atoms with E-state index in [1.54, 1.807) is 0 Å². The summed E-state index contributed by atoms with van der Waals surface area (Å²) in [6.45, 7) is 4.24. The summed E-state index contributed by atoms with van der Waals surface area (Å²) in [5.74, 6) is -0.861. The maximum absolute atomic E-state index is 12.9. The standard InChI is InChI=1S/C80H130NO8P/c1-6-8-10-12-14-16-18-20-22-24-26-28-30-32-34-35-36-37-38-39-40-41-42-43-44-45-47-49-51-53-55-57-59-61-63-65-67-69-71-73-80(83)89-78(77-88-90(84,85)87-75-74-81(3,4)5)76-86-79(82)72-70-68-66-64-62-60-58-56-54-52-50-48-46-33-31-29-27-25-23-21-19-17-15-13-11-9-7-2/h8,10,14,16,19-22,25-28,31-34,36-37,39-40,42-43,45,47,51,53,57,59,63,65,78H,6-7,9,11-13,15,17-18,23-24,29-30,35,38,41,44,46,48-50,52,54-56,58,60-62,64,66-77H2,1-5H3/p+1/b10-8-,16-14-,21-19-,22-20-,27-25-,28-26-,33-31-,34-32-,37-36-,40-39-,43-42-,47-45-,53-51-,59-57-,65-63-. The predicted molar refractivity (Wildman–Crippen MR) is 389 cm³/mol. The van der Waals surface area contributed by atoms with E-state index < -0.39 is 26.5 Å². The van der Waals surface area contributed by atoms with E-state index in [0.29, 0.717) is 17.4 Å². The van der Waals surface area contributed by atoms with Crippen LogP contribution in [0, 0.1) is 0 Å². The highest BCUT2D eigenvalue weighted by Crippen LogP contribution is 2.43. The molecule has 0 saturated carbocycles. The number of carbonyl (C=O) groups excluding carboxylic acids is 2. The number of allylic oxidation sites excluding steroid dienone is 30. The van der Waals surface area contributed by atoms with Crippen LogP contribution < -0.4 is 0 Å². The number of nitrogens with zero attached hydrogens (tertiary/aromatic N) is 1. The van der Waals surface area contributed by atoms with Crippen molar-refractivity contribution in [2.24, 2.45) is 0 Å². The number of hydrogen-bond acceptors (Lipinski definition) is 7. The van der Waals surface area contributed by atoms with Gasteiger partial charge in [-0.05, 0) is 141 Å². The molecule has 2 unspecified atom stereocenters. The molecule has 0 aliphatic rings. The fourth-order valence-corrected chi connectivity index (χ4v) is 9.75. The van der Waals surface area contributed by atoms with E-state index in [4.69, 9.17) is 18.5 Å². The minimum absolute atomic E-state index is 0.0130. The van der Waals surface area contributed by atoms with Crippen molar-refractivity contribution in [3.05, 3.63) is 182 Å². The first-order valence-corrected chi connectivity index (χ1v) is 37.0. The van der Waals surface area contributed by atoms with Gasteiger partial charge >= 0.3 is 19.8 Å². The number of rotatable bonds is 63. The minimum atomic E-state index is -4.42. The third-order valence-corrected chi connectivity index (χ3v) is 15.4. The minimum Gasteiger partial charge on any atom is -0.462 e. The van der Waals surface area contributed by atoms with Gasteiger partial charge in [-0.1, -0.05) is 286 Å². The number of likely N-dealkylation sites (N-methyl/N-ethyl adjacent to an activating group) is 1. The third-order valence-electron chi connectivity index (χ3n) is 14.4. The molecule has 0 radical (unpaired) electrons. The molecule has 10 heteroatoms. The quantitative estimate of drug-likeness (QED) is 0.0211. The number of carbonyl (C=O) groups is 2. The maximum atomic E-state index is 12.9. The van der Waals surface area contributed by atoms with Gasteiger partial charge in [0.25, 0.3) is 0 Å². The Morgan fingerprint density at radius 3 is 0.967 bits per heavy atom. The Morgan fingerprint density at radius 2 is 0.633 bits per heavy atom. The van der Waals surface area contributed by atoms with Gasteiger partial charge in [-0.2, -0.15) is 0 Å². The van der Waals surface area contributed by atoms with Crippen LogP contribution in [0.2, 0.25) is 0 Å². The lowest BCUT2D eigenvalue weighted by Crippen LogP contribution is -2.37. The molecule has 0 aromatic carbocycles. The van der Waals surface area contributed by atoms with Crippen LogP contribution >= 0.6 is 7.82 Å². The first-order chi connectivity index (χ1) is 44.0. The second-order valence-electron chi connectivity index (χ2n) is 24.2. The van der Waals surface area contributed by atoms with Crippen molar-refractivity contribution in [2.75, 3.05) is 47.5 Å². The van der Waals surface area contributed by atoms with Gasteiger partial charge < -0.3 is 18.9 Å². The van der Waals surface area contributed by atoms with Crippen molar-refractivity contribution >= 4 is 19.8 Å². The van der Waals surface area contributed by atoms with Crippen LogP contribution in [-0.2, 0) is 32.7 Å². The van der Waals surface area contributed by atoms with Crippen molar-refractivity contribution in [3.8, 4) is 0 Å². The van der Waals surface area contributed by atoms with Crippen molar-refractivity contribution in [1.82, 2.24) is 0 Å². The summed E-state index contributed by atoms with van der Waals surface area (Å²) in [4.78, 5) is 35.9. The third kappa shape index (κ3) is 72.2. The number of esters is 2. The van der Waals surface area contributed by atoms with Crippen molar-refractivity contribution in [2.45, 2.75) is 264 Å². The second-order valence-corrected chi connectivity index (χ2v) is 25.6. The smallest absolute Gasteiger partial charge is 0.462 e. The molecule has 0 aliphatic heterocycles.